The Hall–Kier alpha value is -3.75. The summed E-state index contributed by atoms with van der Waals surface area (Å²) in [7, 11) is 1.85. The first kappa shape index (κ1) is 29.7. The lowest BCUT2D eigenvalue weighted by Crippen LogP contribution is -2.40. The van der Waals surface area contributed by atoms with Crippen molar-refractivity contribution >= 4 is 22.9 Å². The van der Waals surface area contributed by atoms with Crippen molar-refractivity contribution in [1.82, 2.24) is 19.4 Å². The van der Waals surface area contributed by atoms with Crippen LogP contribution in [0.1, 0.15) is 48.0 Å². The number of fused-ring (bicyclic) bond motifs is 1. The van der Waals surface area contributed by atoms with Gasteiger partial charge in [-0.3, -0.25) is 4.79 Å². The largest absolute Gasteiger partial charge is 0.380 e. The number of hydrogen-bond acceptors (Lipinski definition) is 5. The summed E-state index contributed by atoms with van der Waals surface area (Å²) in [6.45, 7) is 7.63. The maximum absolute atomic E-state index is 13.7. The van der Waals surface area contributed by atoms with Crippen LogP contribution < -0.4 is 5.32 Å². The molecule has 1 aliphatic heterocycles. The van der Waals surface area contributed by atoms with Crippen molar-refractivity contribution in [2.75, 3.05) is 51.8 Å². The smallest absolute Gasteiger partial charge is 0.253 e. The van der Waals surface area contributed by atoms with Crippen molar-refractivity contribution in [3.05, 3.63) is 95.8 Å². The lowest BCUT2D eigenvalue weighted by atomic mass is 9.94. The van der Waals surface area contributed by atoms with Crippen LogP contribution in [0.5, 0.6) is 0 Å². The third-order valence-electron chi connectivity index (χ3n) is 8.24. The van der Waals surface area contributed by atoms with Gasteiger partial charge in [-0.25, -0.2) is 9.37 Å². The van der Waals surface area contributed by atoms with E-state index in [-0.39, 0.29) is 17.6 Å². The molecule has 1 N–H and O–H groups in total. The lowest BCUT2D eigenvalue weighted by Gasteiger charge is -2.34. The van der Waals surface area contributed by atoms with Crippen molar-refractivity contribution in [1.29, 1.82) is 0 Å². The number of rotatable bonds is 13. The zero-order valence-corrected chi connectivity index (χ0v) is 24.7. The van der Waals surface area contributed by atoms with E-state index in [2.05, 4.69) is 33.0 Å². The molecular formula is C34H42FN5O2. The predicted molar refractivity (Wildman–Crippen MR) is 166 cm³/mol. The SMILES string of the molecule is CCOCCn1c(NC2CCN(CCC(CN(C)C(=O)c3ccccc3)c3ccc(F)cc3)CC2)nc2ccccc21. The molecule has 0 saturated carbocycles. The Balaban J connectivity index is 1.18. The summed E-state index contributed by atoms with van der Waals surface area (Å²) in [4.78, 5) is 22.2. The number of likely N-dealkylation sites (tertiary alicyclic amines) is 1. The monoisotopic (exact) mass is 571 g/mol. The molecule has 1 unspecified atom stereocenters. The number of ether oxygens (including phenoxy) is 1. The van der Waals surface area contributed by atoms with Gasteiger partial charge in [-0.2, -0.15) is 0 Å². The molecule has 42 heavy (non-hydrogen) atoms. The second-order valence-electron chi connectivity index (χ2n) is 11.1. The van der Waals surface area contributed by atoms with E-state index in [0.717, 1.165) is 68.0 Å². The number of benzene rings is 3. The molecule has 1 aliphatic rings. The third kappa shape index (κ3) is 7.55. The number of imidazole rings is 1. The number of nitrogens with zero attached hydrogens (tertiary/aromatic N) is 4. The van der Waals surface area contributed by atoms with Crippen LogP contribution in [-0.4, -0.2) is 77.7 Å². The fourth-order valence-electron chi connectivity index (χ4n) is 5.85. The maximum atomic E-state index is 13.7. The quantitative estimate of drug-likeness (QED) is 0.199. The first-order valence-electron chi connectivity index (χ1n) is 15.1. The molecule has 2 heterocycles. The molecule has 0 aliphatic carbocycles. The van der Waals surface area contributed by atoms with Gasteiger partial charge < -0.3 is 24.4 Å². The Morgan fingerprint density at radius 3 is 2.48 bits per heavy atom. The first-order valence-corrected chi connectivity index (χ1v) is 15.1. The molecule has 0 radical (unpaired) electrons. The fourth-order valence-corrected chi connectivity index (χ4v) is 5.85. The molecular weight excluding hydrogens is 529 g/mol. The lowest BCUT2D eigenvalue weighted by molar-refractivity contribution is 0.0782. The zero-order chi connectivity index (χ0) is 29.3. The third-order valence-corrected chi connectivity index (χ3v) is 8.24. The van der Waals surface area contributed by atoms with Crippen LogP contribution in [0.3, 0.4) is 0 Å². The highest BCUT2D eigenvalue weighted by Crippen LogP contribution is 2.25. The summed E-state index contributed by atoms with van der Waals surface area (Å²) < 4.78 is 21.6. The second-order valence-corrected chi connectivity index (χ2v) is 11.1. The van der Waals surface area contributed by atoms with Crippen LogP contribution in [0.25, 0.3) is 11.0 Å². The van der Waals surface area contributed by atoms with E-state index < -0.39 is 0 Å². The number of aromatic nitrogens is 2. The topological polar surface area (TPSA) is 62.6 Å². The van der Waals surface area contributed by atoms with E-state index in [4.69, 9.17) is 9.72 Å². The highest BCUT2D eigenvalue weighted by Gasteiger charge is 2.24. The number of hydrogen-bond donors (Lipinski definition) is 1. The van der Waals surface area contributed by atoms with E-state index in [9.17, 15) is 9.18 Å². The number of carbonyl (C=O) groups is 1. The van der Waals surface area contributed by atoms with Crippen LogP contribution >= 0.6 is 0 Å². The molecule has 222 valence electrons. The van der Waals surface area contributed by atoms with Gasteiger partial charge in [-0.15, -0.1) is 0 Å². The summed E-state index contributed by atoms with van der Waals surface area (Å²) in [5.41, 5.74) is 3.86. The van der Waals surface area contributed by atoms with Gasteiger partial charge in [0.1, 0.15) is 5.82 Å². The molecule has 0 spiro atoms. The van der Waals surface area contributed by atoms with Crippen molar-refractivity contribution in [3.8, 4) is 0 Å². The number of piperidine rings is 1. The summed E-state index contributed by atoms with van der Waals surface area (Å²) in [6.07, 6.45) is 2.95. The first-order chi connectivity index (χ1) is 20.5. The number of nitrogens with one attached hydrogen (secondary N) is 1. The van der Waals surface area contributed by atoms with Crippen molar-refractivity contribution in [2.24, 2.45) is 0 Å². The van der Waals surface area contributed by atoms with Gasteiger partial charge in [0.25, 0.3) is 5.91 Å². The number of halogens is 1. The number of likely N-dealkylation sites (N-methyl/N-ethyl adjacent to an activating group) is 1. The van der Waals surface area contributed by atoms with Gasteiger partial charge in [0.05, 0.1) is 17.6 Å². The normalized spacial score (nSPS) is 15.1. The van der Waals surface area contributed by atoms with Crippen LogP contribution in [0.4, 0.5) is 10.3 Å². The number of anilines is 1. The molecule has 7 nitrogen and oxygen atoms in total. The second kappa shape index (κ2) is 14.4. The van der Waals surface area contributed by atoms with Crippen molar-refractivity contribution in [3.63, 3.8) is 0 Å². The fraction of sp³-hybridized carbons (Fsp3) is 0.412. The molecule has 8 heteroatoms. The Labute approximate surface area is 248 Å². The van der Waals surface area contributed by atoms with E-state index >= 15 is 0 Å². The van der Waals surface area contributed by atoms with Crippen LogP contribution in [0, 0.1) is 5.82 Å². The van der Waals surface area contributed by atoms with Gasteiger partial charge >= 0.3 is 0 Å². The molecule has 1 amide bonds. The molecule has 4 aromatic rings. The summed E-state index contributed by atoms with van der Waals surface area (Å²) in [6, 6.07) is 24.7. The van der Waals surface area contributed by atoms with E-state index in [1.54, 1.807) is 4.90 Å². The maximum Gasteiger partial charge on any atom is 0.253 e. The summed E-state index contributed by atoms with van der Waals surface area (Å²) in [5.74, 6) is 0.787. The number of para-hydroxylation sites is 2. The Morgan fingerprint density at radius 2 is 1.74 bits per heavy atom. The highest BCUT2D eigenvalue weighted by atomic mass is 19.1. The Morgan fingerprint density at radius 1 is 1.02 bits per heavy atom. The average Bonchev–Trinajstić information content (AvgIpc) is 3.37. The van der Waals surface area contributed by atoms with Crippen LogP contribution in [-0.2, 0) is 11.3 Å². The molecule has 5 rings (SSSR count). The minimum Gasteiger partial charge on any atom is -0.380 e. The molecule has 1 aromatic heterocycles. The Kier molecular flexibility index (Phi) is 10.2. The van der Waals surface area contributed by atoms with Gasteiger partial charge in [0, 0.05) is 57.4 Å². The van der Waals surface area contributed by atoms with Crippen LogP contribution in [0.2, 0.25) is 0 Å². The van der Waals surface area contributed by atoms with Gasteiger partial charge in [0.15, 0.2) is 0 Å². The minimum atomic E-state index is -0.243. The number of carbonyl (C=O) groups excluding carboxylic acids is 1. The van der Waals surface area contributed by atoms with E-state index in [0.29, 0.717) is 31.4 Å². The number of amides is 1. The van der Waals surface area contributed by atoms with Gasteiger partial charge in [0.2, 0.25) is 5.95 Å². The summed E-state index contributed by atoms with van der Waals surface area (Å²) >= 11 is 0. The molecule has 0 bridgehead atoms. The molecule has 1 atom stereocenters. The molecule has 1 fully saturated rings. The van der Waals surface area contributed by atoms with Crippen molar-refractivity contribution < 1.29 is 13.9 Å². The zero-order valence-electron chi connectivity index (χ0n) is 24.7. The van der Waals surface area contributed by atoms with Crippen LogP contribution in [0.15, 0.2) is 78.9 Å². The van der Waals surface area contributed by atoms with E-state index in [1.165, 1.54) is 12.1 Å². The standard InChI is InChI=1S/C34H42FN5O2/c1-3-42-24-23-40-32-12-8-7-11-31(32)37-34(40)36-30-18-21-39(22-19-30)20-17-28(26-13-15-29(35)16-14-26)25-38(2)33(41)27-9-5-4-6-10-27/h4-16,28,30H,3,17-25H2,1-2H3,(H,36,37). The Bertz CT molecular complexity index is 1420. The van der Waals surface area contributed by atoms with E-state index in [1.807, 2.05) is 62.5 Å². The molecule has 1 saturated heterocycles. The average molecular weight is 572 g/mol. The highest BCUT2D eigenvalue weighted by molar-refractivity contribution is 5.94. The van der Waals surface area contributed by atoms with Gasteiger partial charge in [-0.05, 0) is 74.7 Å². The molecule has 3 aromatic carbocycles. The van der Waals surface area contributed by atoms with Crippen molar-refractivity contribution in [2.45, 2.75) is 44.7 Å². The minimum absolute atomic E-state index is 0.00174. The van der Waals surface area contributed by atoms with Gasteiger partial charge in [-0.1, -0.05) is 42.5 Å². The summed E-state index contributed by atoms with van der Waals surface area (Å²) in [5, 5.41) is 3.73. The predicted octanol–water partition coefficient (Wildman–Crippen LogP) is 6.03.